The van der Waals surface area contributed by atoms with Gasteiger partial charge in [-0.05, 0) is 13.8 Å². The molecule has 0 atom stereocenters. The second-order valence-electron chi connectivity index (χ2n) is 3.06. The van der Waals surface area contributed by atoms with Gasteiger partial charge in [0, 0.05) is 0 Å². The van der Waals surface area contributed by atoms with E-state index in [2.05, 4.69) is 10.9 Å². The highest BCUT2D eigenvalue weighted by Gasteiger charge is 2.20. The van der Waals surface area contributed by atoms with Crippen molar-refractivity contribution >= 4 is 5.97 Å². The second-order valence-corrected chi connectivity index (χ2v) is 3.06. The van der Waals surface area contributed by atoms with E-state index in [1.165, 1.54) is 0 Å². The number of oxazole rings is 1. The van der Waals surface area contributed by atoms with Gasteiger partial charge in [-0.2, -0.15) is 4.98 Å². The molecular formula is C9H9NO4. The molecule has 5 heteroatoms. The minimum atomic E-state index is -1.18. The lowest BCUT2D eigenvalue weighted by Gasteiger charge is -2.15. The Morgan fingerprint density at radius 2 is 2.43 bits per heavy atom. The molecule has 14 heavy (non-hydrogen) atoms. The highest BCUT2D eigenvalue weighted by atomic mass is 16.6. The van der Waals surface area contributed by atoms with Crippen molar-refractivity contribution < 1.29 is 19.1 Å². The Labute approximate surface area is 80.7 Å². The summed E-state index contributed by atoms with van der Waals surface area (Å²) in [6.45, 7) is 3.27. The number of hydrogen-bond acceptors (Lipinski definition) is 4. The summed E-state index contributed by atoms with van der Waals surface area (Å²) in [4.78, 5) is 14.0. The Kier molecular flexibility index (Phi) is 2.47. The van der Waals surface area contributed by atoms with Crippen molar-refractivity contribution in [3.63, 3.8) is 0 Å². The zero-order valence-electron chi connectivity index (χ0n) is 7.77. The number of nitrogens with zero attached hydrogens (tertiary/aromatic N) is 1. The van der Waals surface area contributed by atoms with Gasteiger partial charge in [-0.3, -0.25) is 0 Å². The molecule has 0 radical (unpaired) electrons. The molecule has 0 saturated heterocycles. The van der Waals surface area contributed by atoms with Crippen molar-refractivity contribution in [1.29, 1.82) is 0 Å². The average molecular weight is 195 g/mol. The molecule has 0 aliphatic heterocycles. The number of hydrogen-bond donors (Lipinski definition) is 1. The summed E-state index contributed by atoms with van der Waals surface area (Å²) in [5, 5.41) is 8.54. The summed E-state index contributed by atoms with van der Waals surface area (Å²) in [6.07, 6.45) is 6.00. The predicted octanol–water partition coefficient (Wildman–Crippen LogP) is 1.16. The first-order valence-corrected chi connectivity index (χ1v) is 3.80. The number of terminal acetylenes is 1. The van der Waals surface area contributed by atoms with Crippen LogP contribution in [-0.4, -0.2) is 21.7 Å². The number of aromatic carboxylic acids is 1. The van der Waals surface area contributed by atoms with Crippen LogP contribution in [0, 0.1) is 12.3 Å². The fourth-order valence-corrected chi connectivity index (χ4v) is 0.650. The molecule has 1 heterocycles. The van der Waals surface area contributed by atoms with Gasteiger partial charge in [0.1, 0.15) is 6.26 Å². The Morgan fingerprint density at radius 3 is 2.86 bits per heavy atom. The van der Waals surface area contributed by atoms with E-state index < -0.39 is 11.6 Å². The lowest BCUT2D eigenvalue weighted by atomic mass is 10.2. The average Bonchev–Trinajstić information content (AvgIpc) is 2.52. The first-order chi connectivity index (χ1) is 6.44. The van der Waals surface area contributed by atoms with Crippen LogP contribution in [0.25, 0.3) is 0 Å². The zero-order chi connectivity index (χ0) is 10.8. The van der Waals surface area contributed by atoms with Crippen LogP contribution in [0.3, 0.4) is 0 Å². The second kappa shape index (κ2) is 3.42. The van der Waals surface area contributed by atoms with Crippen molar-refractivity contribution in [3.05, 3.63) is 12.0 Å². The number of rotatable bonds is 3. The Bertz CT molecular complexity index is 386. The van der Waals surface area contributed by atoms with Gasteiger partial charge in [0.15, 0.2) is 11.3 Å². The van der Waals surface area contributed by atoms with E-state index in [0.29, 0.717) is 0 Å². The molecule has 0 aromatic carbocycles. The van der Waals surface area contributed by atoms with E-state index in [9.17, 15) is 4.79 Å². The molecule has 5 nitrogen and oxygen atoms in total. The van der Waals surface area contributed by atoms with Crippen LogP contribution in [-0.2, 0) is 0 Å². The largest absolute Gasteiger partial charge is 0.476 e. The van der Waals surface area contributed by atoms with E-state index in [-0.39, 0.29) is 11.8 Å². The van der Waals surface area contributed by atoms with E-state index in [1.807, 2.05) is 0 Å². The summed E-state index contributed by atoms with van der Waals surface area (Å²) in [7, 11) is 0. The number of aromatic nitrogens is 1. The molecule has 0 aliphatic rings. The summed E-state index contributed by atoms with van der Waals surface area (Å²) < 4.78 is 9.86. The van der Waals surface area contributed by atoms with Gasteiger partial charge < -0.3 is 14.3 Å². The zero-order valence-corrected chi connectivity index (χ0v) is 7.77. The Morgan fingerprint density at radius 1 is 1.79 bits per heavy atom. The molecule has 0 saturated carbocycles. The van der Waals surface area contributed by atoms with Gasteiger partial charge in [-0.15, -0.1) is 6.42 Å². The molecule has 0 unspecified atom stereocenters. The smallest absolute Gasteiger partial charge is 0.395 e. The Balaban J connectivity index is 2.80. The summed E-state index contributed by atoms with van der Waals surface area (Å²) in [5.41, 5.74) is -1.09. The maximum absolute atomic E-state index is 10.4. The maximum Gasteiger partial charge on any atom is 0.395 e. The third-order valence-corrected chi connectivity index (χ3v) is 1.39. The van der Waals surface area contributed by atoms with Crippen LogP contribution >= 0.6 is 0 Å². The van der Waals surface area contributed by atoms with Gasteiger partial charge in [0.2, 0.25) is 0 Å². The number of carbonyl (C=O) groups is 1. The topological polar surface area (TPSA) is 72.6 Å². The number of carboxylic acid groups (broad SMARTS) is 1. The molecule has 0 aliphatic carbocycles. The lowest BCUT2D eigenvalue weighted by molar-refractivity contribution is 0.0689. The van der Waals surface area contributed by atoms with Crippen molar-refractivity contribution in [2.75, 3.05) is 0 Å². The van der Waals surface area contributed by atoms with Gasteiger partial charge in [-0.25, -0.2) is 4.79 Å². The van der Waals surface area contributed by atoms with Crippen LogP contribution in [0.4, 0.5) is 0 Å². The molecular weight excluding hydrogens is 186 g/mol. The quantitative estimate of drug-likeness (QED) is 0.732. The van der Waals surface area contributed by atoms with Crippen molar-refractivity contribution in [2.45, 2.75) is 19.4 Å². The number of ether oxygens (including phenoxy) is 1. The van der Waals surface area contributed by atoms with Crippen molar-refractivity contribution in [1.82, 2.24) is 4.98 Å². The highest BCUT2D eigenvalue weighted by molar-refractivity contribution is 5.84. The molecule has 1 rings (SSSR count). The van der Waals surface area contributed by atoms with E-state index in [0.717, 1.165) is 6.26 Å². The van der Waals surface area contributed by atoms with Crippen molar-refractivity contribution in [3.8, 4) is 18.4 Å². The van der Waals surface area contributed by atoms with E-state index in [1.54, 1.807) is 13.8 Å². The van der Waals surface area contributed by atoms with Gasteiger partial charge in [-0.1, -0.05) is 5.92 Å². The molecule has 0 bridgehead atoms. The van der Waals surface area contributed by atoms with Gasteiger partial charge >= 0.3 is 12.0 Å². The van der Waals surface area contributed by atoms with E-state index >= 15 is 0 Å². The van der Waals surface area contributed by atoms with Crippen LogP contribution in [0.5, 0.6) is 6.08 Å². The summed E-state index contributed by atoms with van der Waals surface area (Å²) in [5.74, 6) is 1.18. The SMILES string of the molecule is C#CC(C)(C)Oc1nc(C(=O)O)co1. The minimum Gasteiger partial charge on any atom is -0.476 e. The molecule has 1 N–H and O–H groups in total. The lowest BCUT2D eigenvalue weighted by Crippen LogP contribution is -2.25. The summed E-state index contributed by atoms with van der Waals surface area (Å²) in [6, 6.07) is 0. The predicted molar refractivity (Wildman–Crippen MR) is 47.0 cm³/mol. The van der Waals surface area contributed by atoms with Crippen molar-refractivity contribution in [2.24, 2.45) is 0 Å². The van der Waals surface area contributed by atoms with Gasteiger partial charge in [0.05, 0.1) is 0 Å². The summed E-state index contributed by atoms with van der Waals surface area (Å²) >= 11 is 0. The Hall–Kier alpha value is -1.96. The van der Waals surface area contributed by atoms with Crippen LogP contribution in [0.2, 0.25) is 0 Å². The van der Waals surface area contributed by atoms with Crippen LogP contribution in [0.15, 0.2) is 10.7 Å². The monoisotopic (exact) mass is 195 g/mol. The molecule has 74 valence electrons. The molecule has 1 aromatic heterocycles. The standard InChI is InChI=1S/C9H9NO4/c1-4-9(2,3)14-8-10-6(5-13-8)7(11)12/h1,5H,2-3H3,(H,11,12). The van der Waals surface area contributed by atoms with Crippen LogP contribution in [0.1, 0.15) is 24.3 Å². The minimum absolute atomic E-state index is 0.148. The molecule has 1 aromatic rings. The van der Waals surface area contributed by atoms with Crippen LogP contribution < -0.4 is 4.74 Å². The first-order valence-electron chi connectivity index (χ1n) is 3.80. The van der Waals surface area contributed by atoms with E-state index in [4.69, 9.17) is 20.7 Å². The molecule has 0 spiro atoms. The fourth-order valence-electron chi connectivity index (χ4n) is 0.650. The molecule has 0 amide bonds. The normalized spacial score (nSPS) is 10.6. The third kappa shape index (κ3) is 2.26. The number of carboxylic acids is 1. The molecule has 0 fully saturated rings. The maximum atomic E-state index is 10.4. The third-order valence-electron chi connectivity index (χ3n) is 1.39. The van der Waals surface area contributed by atoms with Gasteiger partial charge in [0.25, 0.3) is 0 Å². The first kappa shape index (κ1) is 10.1. The highest BCUT2D eigenvalue weighted by Crippen LogP contribution is 2.16. The fraction of sp³-hybridized carbons (Fsp3) is 0.333.